The second-order valence-electron chi connectivity index (χ2n) is 8.41. The number of sulfonamides is 1. The predicted molar refractivity (Wildman–Crippen MR) is 136 cm³/mol. The Kier molecular flexibility index (Phi) is 9.79. The monoisotopic (exact) mass is 520 g/mol. The van der Waals surface area contributed by atoms with Crippen molar-refractivity contribution in [3.63, 3.8) is 0 Å². The third kappa shape index (κ3) is 7.67. The van der Waals surface area contributed by atoms with Crippen LogP contribution in [0.25, 0.3) is 0 Å². The van der Waals surface area contributed by atoms with Gasteiger partial charge < -0.3 is 15.0 Å². The summed E-state index contributed by atoms with van der Waals surface area (Å²) in [7, 11) is -2.47. The molecule has 0 heterocycles. The van der Waals surface area contributed by atoms with Crippen molar-refractivity contribution in [2.75, 3.05) is 24.2 Å². The lowest BCUT2D eigenvalue weighted by Crippen LogP contribution is -2.52. The van der Waals surface area contributed by atoms with Gasteiger partial charge in [0.15, 0.2) is 0 Å². The number of benzene rings is 2. The van der Waals surface area contributed by atoms with Crippen LogP contribution in [-0.4, -0.2) is 62.0 Å². The first-order valence-electron chi connectivity index (χ1n) is 11.3. The Balaban J connectivity index is 2.42. The lowest BCUT2D eigenvalue weighted by molar-refractivity contribution is -0.384. The minimum Gasteiger partial charge on any atom is -0.497 e. The lowest BCUT2D eigenvalue weighted by atomic mass is 10.1. The highest BCUT2D eigenvalue weighted by Crippen LogP contribution is 2.24. The van der Waals surface area contributed by atoms with Gasteiger partial charge in [-0.1, -0.05) is 25.1 Å². The summed E-state index contributed by atoms with van der Waals surface area (Å²) in [4.78, 5) is 38.2. The number of anilines is 1. The van der Waals surface area contributed by atoms with Gasteiger partial charge in [0, 0.05) is 24.7 Å². The minimum absolute atomic E-state index is 0.0267. The minimum atomic E-state index is -3.99. The zero-order valence-electron chi connectivity index (χ0n) is 21.0. The molecule has 0 saturated heterocycles. The molecular formula is C24H32N4O7S. The third-order valence-corrected chi connectivity index (χ3v) is 6.83. The van der Waals surface area contributed by atoms with Gasteiger partial charge in [0.1, 0.15) is 18.3 Å². The molecule has 0 aliphatic rings. The number of hydrogen-bond acceptors (Lipinski definition) is 7. The van der Waals surface area contributed by atoms with Crippen molar-refractivity contribution in [3.8, 4) is 5.75 Å². The highest BCUT2D eigenvalue weighted by molar-refractivity contribution is 7.92. The summed E-state index contributed by atoms with van der Waals surface area (Å²) in [5.74, 6) is -0.407. The number of ether oxygens (including phenoxy) is 1. The van der Waals surface area contributed by atoms with E-state index in [2.05, 4.69) is 5.32 Å². The van der Waals surface area contributed by atoms with E-state index in [1.807, 2.05) is 13.8 Å². The number of nitrogens with zero attached hydrogens (tertiary/aromatic N) is 3. The average molecular weight is 521 g/mol. The van der Waals surface area contributed by atoms with Crippen LogP contribution >= 0.6 is 0 Å². The van der Waals surface area contributed by atoms with E-state index in [1.54, 1.807) is 31.2 Å². The molecule has 0 aliphatic carbocycles. The fraction of sp³-hybridized carbons (Fsp3) is 0.417. The van der Waals surface area contributed by atoms with Crippen LogP contribution in [0.1, 0.15) is 32.8 Å². The highest BCUT2D eigenvalue weighted by Gasteiger charge is 2.31. The van der Waals surface area contributed by atoms with Gasteiger partial charge in [-0.15, -0.1) is 0 Å². The Hall–Kier alpha value is -3.67. The second kappa shape index (κ2) is 12.3. The molecule has 2 aromatic carbocycles. The molecule has 0 spiro atoms. The number of nitro groups is 1. The smallest absolute Gasteiger partial charge is 0.271 e. The number of non-ortho nitro benzene ring substituents is 1. The molecule has 0 fully saturated rings. The normalized spacial score (nSPS) is 12.8. The number of methoxy groups -OCH3 is 1. The van der Waals surface area contributed by atoms with Crippen LogP contribution in [0.5, 0.6) is 5.75 Å². The number of amides is 2. The molecule has 2 amide bonds. The summed E-state index contributed by atoms with van der Waals surface area (Å²) in [5.41, 5.74) is 0.361. The molecular weight excluding hydrogens is 488 g/mol. The molecule has 2 rings (SSSR count). The van der Waals surface area contributed by atoms with Crippen molar-refractivity contribution >= 4 is 33.2 Å². The zero-order chi connectivity index (χ0) is 27.0. The van der Waals surface area contributed by atoms with Crippen LogP contribution in [0, 0.1) is 10.1 Å². The Bertz CT molecular complexity index is 1190. The van der Waals surface area contributed by atoms with Crippen LogP contribution in [-0.2, 0) is 26.2 Å². The number of hydrogen-bond donors (Lipinski definition) is 1. The SMILES string of the molecule is CC[C@H](C)NC(=O)[C@@H](C)N(Cc1ccc(OC)cc1)C(=O)CN(c1cccc([N+](=O)[O-])c1)S(C)(=O)=O. The maximum atomic E-state index is 13.5. The largest absolute Gasteiger partial charge is 0.497 e. The van der Waals surface area contributed by atoms with E-state index in [0.717, 1.165) is 16.6 Å². The summed E-state index contributed by atoms with van der Waals surface area (Å²) >= 11 is 0. The fourth-order valence-corrected chi connectivity index (χ4v) is 4.19. The Morgan fingerprint density at radius 1 is 1.14 bits per heavy atom. The Morgan fingerprint density at radius 2 is 1.78 bits per heavy atom. The van der Waals surface area contributed by atoms with Crippen molar-refractivity contribution in [1.29, 1.82) is 0 Å². The number of carbonyl (C=O) groups excluding carboxylic acids is 2. The van der Waals surface area contributed by atoms with E-state index in [4.69, 9.17) is 4.74 Å². The van der Waals surface area contributed by atoms with E-state index in [-0.39, 0.29) is 29.9 Å². The van der Waals surface area contributed by atoms with Gasteiger partial charge in [-0.05, 0) is 44.0 Å². The summed E-state index contributed by atoms with van der Waals surface area (Å²) in [5, 5.41) is 14.0. The van der Waals surface area contributed by atoms with Gasteiger partial charge in [0.2, 0.25) is 21.8 Å². The first-order valence-corrected chi connectivity index (χ1v) is 13.2. The van der Waals surface area contributed by atoms with Gasteiger partial charge in [-0.2, -0.15) is 0 Å². The van der Waals surface area contributed by atoms with Gasteiger partial charge in [0.05, 0.1) is 24.0 Å². The van der Waals surface area contributed by atoms with Gasteiger partial charge in [0.25, 0.3) is 5.69 Å². The zero-order valence-corrected chi connectivity index (χ0v) is 21.8. The van der Waals surface area contributed by atoms with Crippen molar-refractivity contribution < 1.29 is 27.7 Å². The van der Waals surface area contributed by atoms with E-state index >= 15 is 0 Å². The van der Waals surface area contributed by atoms with E-state index in [0.29, 0.717) is 17.7 Å². The number of nitrogens with one attached hydrogen (secondary N) is 1. The van der Waals surface area contributed by atoms with Crippen LogP contribution < -0.4 is 14.4 Å². The number of rotatable bonds is 12. The number of carbonyl (C=O) groups is 2. The molecule has 0 radical (unpaired) electrons. The van der Waals surface area contributed by atoms with Crippen molar-refractivity contribution in [2.24, 2.45) is 0 Å². The van der Waals surface area contributed by atoms with Gasteiger partial charge in [-0.3, -0.25) is 24.0 Å². The standard InChI is InChI=1S/C24H32N4O7S/c1-6-17(2)25-24(30)18(3)26(15-19-10-12-22(35-4)13-11-19)23(29)16-27(36(5,33)34)20-8-7-9-21(14-20)28(31)32/h7-14,17-18H,6,15-16H2,1-5H3,(H,25,30)/t17-,18+/m0/s1. The molecule has 36 heavy (non-hydrogen) atoms. The van der Waals surface area contributed by atoms with Crippen molar-refractivity contribution in [1.82, 2.24) is 10.2 Å². The summed E-state index contributed by atoms with van der Waals surface area (Å²) in [6.45, 7) is 4.71. The van der Waals surface area contributed by atoms with Gasteiger partial charge in [-0.25, -0.2) is 8.42 Å². The quantitative estimate of drug-likeness (QED) is 0.335. The number of nitro benzene ring substituents is 1. The molecule has 0 unspecified atom stereocenters. The Morgan fingerprint density at radius 3 is 2.31 bits per heavy atom. The third-order valence-electron chi connectivity index (χ3n) is 5.69. The van der Waals surface area contributed by atoms with Crippen LogP contribution in [0.15, 0.2) is 48.5 Å². The second-order valence-corrected chi connectivity index (χ2v) is 10.3. The molecule has 0 aliphatic heterocycles. The first-order chi connectivity index (χ1) is 16.9. The van der Waals surface area contributed by atoms with E-state index in [1.165, 1.54) is 30.2 Å². The molecule has 11 nitrogen and oxygen atoms in total. The van der Waals surface area contributed by atoms with Crippen molar-refractivity contribution in [2.45, 2.75) is 45.8 Å². The van der Waals surface area contributed by atoms with Crippen LogP contribution in [0.3, 0.4) is 0 Å². The molecule has 0 saturated carbocycles. The molecule has 2 atom stereocenters. The average Bonchev–Trinajstić information content (AvgIpc) is 2.84. The van der Waals surface area contributed by atoms with Crippen LogP contribution in [0.4, 0.5) is 11.4 Å². The summed E-state index contributed by atoms with van der Waals surface area (Å²) in [6.07, 6.45) is 1.60. The molecule has 2 aromatic rings. The molecule has 0 aromatic heterocycles. The maximum Gasteiger partial charge on any atom is 0.271 e. The fourth-order valence-electron chi connectivity index (χ4n) is 3.35. The highest BCUT2D eigenvalue weighted by atomic mass is 32.2. The topological polar surface area (TPSA) is 139 Å². The van der Waals surface area contributed by atoms with Gasteiger partial charge >= 0.3 is 0 Å². The molecule has 12 heteroatoms. The van der Waals surface area contributed by atoms with E-state index in [9.17, 15) is 28.1 Å². The summed E-state index contributed by atoms with van der Waals surface area (Å²) < 4.78 is 31.1. The molecule has 0 bridgehead atoms. The van der Waals surface area contributed by atoms with Crippen molar-refractivity contribution in [3.05, 3.63) is 64.2 Å². The summed E-state index contributed by atoms with van der Waals surface area (Å²) in [6, 6.07) is 10.9. The lowest BCUT2D eigenvalue weighted by Gasteiger charge is -2.32. The first kappa shape index (κ1) is 28.6. The van der Waals surface area contributed by atoms with E-state index < -0.39 is 33.4 Å². The van der Waals surface area contributed by atoms with Crippen LogP contribution in [0.2, 0.25) is 0 Å². The molecule has 1 N–H and O–H groups in total. The maximum absolute atomic E-state index is 13.5. The molecule has 196 valence electrons. The predicted octanol–water partition coefficient (Wildman–Crippen LogP) is 2.70. The Labute approximate surface area is 211 Å².